The maximum absolute atomic E-state index is 12.7. The highest BCUT2D eigenvalue weighted by atomic mass is 16.4. The van der Waals surface area contributed by atoms with E-state index < -0.39 is 17.9 Å². The predicted molar refractivity (Wildman–Crippen MR) is 76.8 cm³/mol. The SMILES string of the molecule is CC(C(=O)O)C(C(=O)c1ccccc1)N1CCCCC1. The van der Waals surface area contributed by atoms with Gasteiger partial charge in [-0.2, -0.15) is 0 Å². The normalized spacial score (nSPS) is 19.2. The lowest BCUT2D eigenvalue weighted by molar-refractivity contribution is -0.143. The van der Waals surface area contributed by atoms with Crippen LogP contribution in [0.4, 0.5) is 0 Å². The van der Waals surface area contributed by atoms with Crippen LogP contribution in [-0.2, 0) is 4.79 Å². The largest absolute Gasteiger partial charge is 0.481 e. The first-order valence-electron chi connectivity index (χ1n) is 7.17. The van der Waals surface area contributed by atoms with Gasteiger partial charge in [0.1, 0.15) is 0 Å². The Morgan fingerprint density at radius 1 is 1.10 bits per heavy atom. The molecule has 0 amide bonds. The fourth-order valence-electron chi connectivity index (χ4n) is 2.81. The van der Waals surface area contributed by atoms with Crippen LogP contribution in [0, 0.1) is 5.92 Å². The van der Waals surface area contributed by atoms with Gasteiger partial charge >= 0.3 is 5.97 Å². The van der Waals surface area contributed by atoms with E-state index in [9.17, 15) is 14.7 Å². The lowest BCUT2D eigenvalue weighted by Crippen LogP contribution is -2.49. The average molecular weight is 275 g/mol. The van der Waals surface area contributed by atoms with Gasteiger partial charge in [0.2, 0.25) is 0 Å². The van der Waals surface area contributed by atoms with Gasteiger partial charge in [-0.15, -0.1) is 0 Å². The van der Waals surface area contributed by atoms with Crippen LogP contribution < -0.4 is 0 Å². The lowest BCUT2D eigenvalue weighted by Gasteiger charge is -2.35. The zero-order valence-electron chi connectivity index (χ0n) is 11.8. The maximum Gasteiger partial charge on any atom is 0.308 e. The van der Waals surface area contributed by atoms with Gasteiger partial charge in [-0.05, 0) is 32.9 Å². The minimum Gasteiger partial charge on any atom is -0.481 e. The van der Waals surface area contributed by atoms with E-state index >= 15 is 0 Å². The predicted octanol–water partition coefficient (Wildman–Crippen LogP) is 2.44. The fraction of sp³-hybridized carbons (Fsp3) is 0.500. The summed E-state index contributed by atoms with van der Waals surface area (Å²) in [7, 11) is 0. The zero-order chi connectivity index (χ0) is 14.5. The number of benzene rings is 1. The number of piperidine rings is 1. The lowest BCUT2D eigenvalue weighted by atomic mass is 9.90. The standard InChI is InChI=1S/C16H21NO3/c1-12(16(19)20)14(17-10-6-3-7-11-17)15(18)13-8-4-2-5-9-13/h2,4-5,8-9,12,14H,3,6-7,10-11H2,1H3,(H,19,20). The topological polar surface area (TPSA) is 57.6 Å². The number of ketones is 1. The first-order valence-corrected chi connectivity index (χ1v) is 7.17. The number of carboxylic acid groups (broad SMARTS) is 1. The molecule has 1 aliphatic rings. The third-order valence-corrected chi connectivity index (χ3v) is 3.97. The summed E-state index contributed by atoms with van der Waals surface area (Å²) < 4.78 is 0. The highest BCUT2D eigenvalue weighted by molar-refractivity contribution is 6.02. The van der Waals surface area contributed by atoms with Crippen LogP contribution in [0.25, 0.3) is 0 Å². The smallest absolute Gasteiger partial charge is 0.308 e. The molecule has 20 heavy (non-hydrogen) atoms. The van der Waals surface area contributed by atoms with Crippen molar-refractivity contribution in [2.75, 3.05) is 13.1 Å². The molecule has 2 atom stereocenters. The van der Waals surface area contributed by atoms with Crippen molar-refractivity contribution in [3.8, 4) is 0 Å². The molecule has 4 heteroatoms. The minimum absolute atomic E-state index is 0.0811. The van der Waals surface area contributed by atoms with E-state index in [1.165, 1.54) is 0 Å². The average Bonchev–Trinajstić information content (AvgIpc) is 2.49. The van der Waals surface area contributed by atoms with Gasteiger partial charge < -0.3 is 5.11 Å². The Morgan fingerprint density at radius 2 is 1.70 bits per heavy atom. The molecular formula is C16H21NO3. The molecule has 1 N–H and O–H groups in total. The molecule has 1 aromatic carbocycles. The Labute approximate surface area is 119 Å². The van der Waals surface area contributed by atoms with E-state index in [2.05, 4.69) is 0 Å². The quantitative estimate of drug-likeness (QED) is 0.839. The van der Waals surface area contributed by atoms with Crippen molar-refractivity contribution in [2.45, 2.75) is 32.2 Å². The zero-order valence-corrected chi connectivity index (χ0v) is 11.8. The molecule has 1 fully saturated rings. The van der Waals surface area contributed by atoms with Gasteiger partial charge in [0.25, 0.3) is 0 Å². The van der Waals surface area contributed by atoms with Gasteiger partial charge in [0.15, 0.2) is 5.78 Å². The van der Waals surface area contributed by atoms with Crippen molar-refractivity contribution in [2.24, 2.45) is 5.92 Å². The molecule has 1 aliphatic heterocycles. The molecule has 0 aliphatic carbocycles. The van der Waals surface area contributed by atoms with Crippen LogP contribution in [0.3, 0.4) is 0 Å². The number of likely N-dealkylation sites (tertiary alicyclic amines) is 1. The van der Waals surface area contributed by atoms with E-state index in [1.807, 2.05) is 23.1 Å². The van der Waals surface area contributed by atoms with Gasteiger partial charge in [-0.1, -0.05) is 36.8 Å². The number of hydrogen-bond donors (Lipinski definition) is 1. The maximum atomic E-state index is 12.7. The van der Waals surface area contributed by atoms with Gasteiger partial charge in [0, 0.05) is 5.56 Å². The summed E-state index contributed by atoms with van der Waals surface area (Å²) in [5.41, 5.74) is 0.594. The number of Topliss-reactive ketones (excluding diaryl/α,β-unsaturated/α-hetero) is 1. The summed E-state index contributed by atoms with van der Waals surface area (Å²) in [6, 6.07) is 8.43. The first-order chi connectivity index (χ1) is 9.61. The summed E-state index contributed by atoms with van der Waals surface area (Å²) in [5.74, 6) is -1.69. The summed E-state index contributed by atoms with van der Waals surface area (Å²) in [5, 5.41) is 9.30. The summed E-state index contributed by atoms with van der Waals surface area (Å²) in [6.45, 7) is 3.24. The summed E-state index contributed by atoms with van der Waals surface area (Å²) in [4.78, 5) is 26.1. The molecule has 0 spiro atoms. The van der Waals surface area contributed by atoms with E-state index in [0.29, 0.717) is 5.56 Å². The number of rotatable bonds is 5. The molecule has 1 saturated heterocycles. The summed E-state index contributed by atoms with van der Waals surface area (Å²) in [6.07, 6.45) is 3.22. The number of nitrogens with zero attached hydrogens (tertiary/aromatic N) is 1. The van der Waals surface area contributed by atoms with Crippen LogP contribution in [0.2, 0.25) is 0 Å². The summed E-state index contributed by atoms with van der Waals surface area (Å²) >= 11 is 0. The molecule has 4 nitrogen and oxygen atoms in total. The number of aliphatic carboxylic acids is 1. The van der Waals surface area contributed by atoms with Gasteiger partial charge in [0.05, 0.1) is 12.0 Å². The highest BCUT2D eigenvalue weighted by Crippen LogP contribution is 2.21. The van der Waals surface area contributed by atoms with Crippen molar-refractivity contribution >= 4 is 11.8 Å². The third-order valence-electron chi connectivity index (χ3n) is 3.97. The minimum atomic E-state index is -0.912. The molecule has 0 saturated carbocycles. The number of carboxylic acids is 1. The van der Waals surface area contributed by atoms with Crippen LogP contribution in [0.15, 0.2) is 30.3 Å². The Balaban J connectivity index is 2.25. The molecule has 108 valence electrons. The van der Waals surface area contributed by atoms with Crippen molar-refractivity contribution < 1.29 is 14.7 Å². The van der Waals surface area contributed by atoms with Gasteiger partial charge in [-0.3, -0.25) is 14.5 Å². The van der Waals surface area contributed by atoms with E-state index in [1.54, 1.807) is 19.1 Å². The molecular weight excluding hydrogens is 254 g/mol. The van der Waals surface area contributed by atoms with Gasteiger partial charge in [-0.25, -0.2) is 0 Å². The van der Waals surface area contributed by atoms with E-state index in [-0.39, 0.29) is 5.78 Å². The molecule has 0 radical (unpaired) electrons. The number of hydrogen-bond acceptors (Lipinski definition) is 3. The van der Waals surface area contributed by atoms with Crippen LogP contribution >= 0.6 is 0 Å². The second-order valence-corrected chi connectivity index (χ2v) is 5.40. The Hall–Kier alpha value is -1.68. The molecule has 0 bridgehead atoms. The second kappa shape index (κ2) is 6.66. The van der Waals surface area contributed by atoms with Crippen molar-refractivity contribution in [3.63, 3.8) is 0 Å². The van der Waals surface area contributed by atoms with E-state index in [4.69, 9.17) is 0 Å². The molecule has 1 aromatic rings. The number of carbonyl (C=O) groups is 2. The Morgan fingerprint density at radius 3 is 2.25 bits per heavy atom. The number of carbonyl (C=O) groups excluding carboxylic acids is 1. The van der Waals surface area contributed by atoms with Crippen molar-refractivity contribution in [1.29, 1.82) is 0 Å². The molecule has 1 heterocycles. The Bertz CT molecular complexity index is 466. The molecule has 2 rings (SSSR count). The van der Waals surface area contributed by atoms with Crippen molar-refractivity contribution in [3.05, 3.63) is 35.9 Å². The molecule has 2 unspecified atom stereocenters. The highest BCUT2D eigenvalue weighted by Gasteiger charge is 2.35. The first kappa shape index (κ1) is 14.7. The fourth-order valence-corrected chi connectivity index (χ4v) is 2.81. The van der Waals surface area contributed by atoms with Crippen LogP contribution in [0.5, 0.6) is 0 Å². The van der Waals surface area contributed by atoms with Crippen LogP contribution in [-0.4, -0.2) is 40.9 Å². The molecule has 0 aromatic heterocycles. The van der Waals surface area contributed by atoms with Crippen molar-refractivity contribution in [1.82, 2.24) is 4.90 Å². The second-order valence-electron chi connectivity index (χ2n) is 5.40. The Kier molecular flexibility index (Phi) is 4.90. The third kappa shape index (κ3) is 3.25. The monoisotopic (exact) mass is 275 g/mol. The van der Waals surface area contributed by atoms with Crippen LogP contribution in [0.1, 0.15) is 36.5 Å². The van der Waals surface area contributed by atoms with E-state index in [0.717, 1.165) is 32.4 Å².